The summed E-state index contributed by atoms with van der Waals surface area (Å²) in [6.07, 6.45) is 2.96. The standard InChI is InChI=1S/C14H18FN3OS/c1-3-18-14(7-8-20-2)16-13(17-18)10-19-12-6-4-5-11(15)9-12/h4-6,9H,3,7-8,10H2,1-2H3. The molecule has 4 nitrogen and oxygen atoms in total. The molecule has 0 unspecified atom stereocenters. The van der Waals surface area contributed by atoms with Crippen LogP contribution in [0.15, 0.2) is 24.3 Å². The van der Waals surface area contributed by atoms with Crippen LogP contribution in [0.2, 0.25) is 0 Å². The number of hydrogen-bond acceptors (Lipinski definition) is 4. The van der Waals surface area contributed by atoms with Gasteiger partial charge in [-0.1, -0.05) is 6.07 Å². The molecule has 1 aromatic carbocycles. The highest BCUT2D eigenvalue weighted by molar-refractivity contribution is 7.98. The number of benzene rings is 1. The minimum atomic E-state index is -0.310. The first-order valence-electron chi connectivity index (χ1n) is 6.52. The molecular weight excluding hydrogens is 277 g/mol. The Morgan fingerprint density at radius 3 is 2.95 bits per heavy atom. The highest BCUT2D eigenvalue weighted by atomic mass is 32.2. The molecule has 6 heteroatoms. The van der Waals surface area contributed by atoms with Crippen LogP contribution in [0.1, 0.15) is 18.6 Å². The highest BCUT2D eigenvalue weighted by Crippen LogP contribution is 2.13. The molecule has 0 saturated carbocycles. The summed E-state index contributed by atoms with van der Waals surface area (Å²) in [6, 6.07) is 6.07. The van der Waals surface area contributed by atoms with Crippen molar-refractivity contribution in [2.24, 2.45) is 0 Å². The third kappa shape index (κ3) is 3.96. The monoisotopic (exact) mass is 295 g/mol. The van der Waals surface area contributed by atoms with Gasteiger partial charge in [-0.15, -0.1) is 0 Å². The molecule has 0 radical (unpaired) electrons. The highest BCUT2D eigenvalue weighted by Gasteiger charge is 2.09. The number of hydrogen-bond donors (Lipinski definition) is 0. The van der Waals surface area contributed by atoms with Crippen LogP contribution in [0, 0.1) is 5.82 Å². The molecule has 0 fully saturated rings. The lowest BCUT2D eigenvalue weighted by Crippen LogP contribution is -2.04. The Labute approximate surface area is 122 Å². The summed E-state index contributed by atoms with van der Waals surface area (Å²) in [5.74, 6) is 2.80. The number of aromatic nitrogens is 3. The lowest BCUT2D eigenvalue weighted by molar-refractivity contribution is 0.293. The van der Waals surface area contributed by atoms with E-state index >= 15 is 0 Å². The van der Waals surface area contributed by atoms with Gasteiger partial charge in [-0.05, 0) is 25.3 Å². The van der Waals surface area contributed by atoms with Gasteiger partial charge >= 0.3 is 0 Å². The van der Waals surface area contributed by atoms with E-state index in [1.165, 1.54) is 12.1 Å². The van der Waals surface area contributed by atoms with Crippen LogP contribution in [-0.4, -0.2) is 26.8 Å². The van der Waals surface area contributed by atoms with E-state index in [4.69, 9.17) is 4.74 Å². The molecule has 20 heavy (non-hydrogen) atoms. The smallest absolute Gasteiger partial charge is 0.188 e. The quantitative estimate of drug-likeness (QED) is 0.787. The van der Waals surface area contributed by atoms with Crippen molar-refractivity contribution in [2.45, 2.75) is 26.5 Å². The average Bonchev–Trinajstić information content (AvgIpc) is 2.85. The van der Waals surface area contributed by atoms with E-state index in [1.807, 2.05) is 11.6 Å². The number of aryl methyl sites for hydroxylation is 2. The number of rotatable bonds is 7. The van der Waals surface area contributed by atoms with Crippen molar-refractivity contribution in [3.05, 3.63) is 41.7 Å². The average molecular weight is 295 g/mol. The summed E-state index contributed by atoms with van der Waals surface area (Å²) in [5, 5.41) is 4.40. The minimum absolute atomic E-state index is 0.253. The van der Waals surface area contributed by atoms with Gasteiger partial charge in [-0.25, -0.2) is 14.1 Å². The van der Waals surface area contributed by atoms with Crippen molar-refractivity contribution < 1.29 is 9.13 Å². The molecule has 1 heterocycles. The second-order valence-corrected chi connectivity index (χ2v) is 5.23. The van der Waals surface area contributed by atoms with E-state index < -0.39 is 0 Å². The van der Waals surface area contributed by atoms with Crippen molar-refractivity contribution >= 4 is 11.8 Å². The van der Waals surface area contributed by atoms with Crippen molar-refractivity contribution in [1.82, 2.24) is 14.8 Å². The van der Waals surface area contributed by atoms with Crippen LogP contribution < -0.4 is 4.74 Å². The Kier molecular flexibility index (Phi) is 5.40. The zero-order chi connectivity index (χ0) is 14.4. The van der Waals surface area contributed by atoms with Crippen molar-refractivity contribution in [3.8, 4) is 5.75 Å². The first-order chi connectivity index (χ1) is 9.72. The van der Waals surface area contributed by atoms with Crippen LogP contribution in [-0.2, 0) is 19.6 Å². The first kappa shape index (κ1) is 14.8. The maximum absolute atomic E-state index is 13.0. The topological polar surface area (TPSA) is 39.9 Å². The lowest BCUT2D eigenvalue weighted by Gasteiger charge is -2.02. The van der Waals surface area contributed by atoms with Crippen LogP contribution in [0.25, 0.3) is 0 Å². The molecule has 0 N–H and O–H groups in total. The van der Waals surface area contributed by atoms with E-state index in [-0.39, 0.29) is 12.4 Å². The summed E-state index contributed by atoms with van der Waals surface area (Å²) in [5.41, 5.74) is 0. The van der Waals surface area contributed by atoms with Crippen molar-refractivity contribution in [3.63, 3.8) is 0 Å². The van der Waals surface area contributed by atoms with Gasteiger partial charge in [0.15, 0.2) is 5.82 Å². The fourth-order valence-electron chi connectivity index (χ4n) is 1.82. The largest absolute Gasteiger partial charge is 0.485 e. The van der Waals surface area contributed by atoms with E-state index in [2.05, 4.69) is 16.3 Å². The molecule has 0 aliphatic rings. The second-order valence-electron chi connectivity index (χ2n) is 4.25. The lowest BCUT2D eigenvalue weighted by atomic mass is 10.3. The summed E-state index contributed by atoms with van der Waals surface area (Å²) in [6.45, 7) is 3.08. The van der Waals surface area contributed by atoms with Gasteiger partial charge in [-0.2, -0.15) is 16.9 Å². The van der Waals surface area contributed by atoms with E-state index in [1.54, 1.807) is 23.9 Å². The fourth-order valence-corrected chi connectivity index (χ4v) is 2.21. The molecule has 108 valence electrons. The Bertz CT molecular complexity index is 559. The molecule has 1 aromatic heterocycles. The predicted molar refractivity (Wildman–Crippen MR) is 78.5 cm³/mol. The minimum Gasteiger partial charge on any atom is -0.485 e. The van der Waals surface area contributed by atoms with Crippen molar-refractivity contribution in [1.29, 1.82) is 0 Å². The number of ether oxygens (including phenoxy) is 1. The Hall–Kier alpha value is -1.56. The van der Waals surface area contributed by atoms with Crippen LogP contribution in [0.5, 0.6) is 5.75 Å². The number of halogens is 1. The molecule has 0 aliphatic heterocycles. The second kappa shape index (κ2) is 7.28. The summed E-state index contributed by atoms with van der Waals surface area (Å²) < 4.78 is 20.4. The van der Waals surface area contributed by atoms with Gasteiger partial charge in [0.25, 0.3) is 0 Å². The fraction of sp³-hybridized carbons (Fsp3) is 0.429. The normalized spacial score (nSPS) is 10.8. The molecule has 0 saturated heterocycles. The molecule has 0 spiro atoms. The van der Waals surface area contributed by atoms with E-state index in [0.717, 1.165) is 24.5 Å². The maximum Gasteiger partial charge on any atom is 0.188 e. The summed E-state index contributed by atoms with van der Waals surface area (Å²) in [7, 11) is 0. The molecule has 2 aromatic rings. The van der Waals surface area contributed by atoms with Crippen LogP contribution in [0.3, 0.4) is 0 Å². The number of nitrogens with zero attached hydrogens (tertiary/aromatic N) is 3. The SMILES string of the molecule is CCn1nc(COc2cccc(F)c2)nc1CCSC. The van der Waals surface area contributed by atoms with Gasteiger partial charge < -0.3 is 4.74 Å². The van der Waals surface area contributed by atoms with Gasteiger partial charge in [-0.3, -0.25) is 0 Å². The molecular formula is C14H18FN3OS. The summed E-state index contributed by atoms with van der Waals surface area (Å²) >= 11 is 1.78. The predicted octanol–water partition coefficient (Wildman–Crippen LogP) is 2.92. The Morgan fingerprint density at radius 2 is 2.25 bits per heavy atom. The third-order valence-electron chi connectivity index (χ3n) is 2.79. The third-order valence-corrected chi connectivity index (χ3v) is 3.40. The molecule has 0 amide bonds. The molecule has 0 atom stereocenters. The van der Waals surface area contributed by atoms with Crippen LogP contribution >= 0.6 is 11.8 Å². The van der Waals surface area contributed by atoms with Gasteiger partial charge in [0.05, 0.1) is 0 Å². The van der Waals surface area contributed by atoms with Gasteiger partial charge in [0, 0.05) is 24.8 Å². The summed E-state index contributed by atoms with van der Waals surface area (Å²) in [4.78, 5) is 4.48. The van der Waals surface area contributed by atoms with E-state index in [0.29, 0.717) is 11.6 Å². The Morgan fingerprint density at radius 1 is 1.40 bits per heavy atom. The van der Waals surface area contributed by atoms with E-state index in [9.17, 15) is 4.39 Å². The van der Waals surface area contributed by atoms with Gasteiger partial charge in [0.2, 0.25) is 0 Å². The zero-order valence-electron chi connectivity index (χ0n) is 11.7. The van der Waals surface area contributed by atoms with Crippen LogP contribution in [0.4, 0.5) is 4.39 Å². The number of thioether (sulfide) groups is 1. The molecule has 2 rings (SSSR count). The first-order valence-corrected chi connectivity index (χ1v) is 7.92. The molecule has 0 aliphatic carbocycles. The zero-order valence-corrected chi connectivity index (χ0v) is 12.5. The maximum atomic E-state index is 13.0. The van der Waals surface area contributed by atoms with Crippen molar-refractivity contribution in [2.75, 3.05) is 12.0 Å². The Balaban J connectivity index is 2.00. The molecule has 0 bridgehead atoms. The van der Waals surface area contributed by atoms with Gasteiger partial charge in [0.1, 0.15) is 24.0 Å².